The van der Waals surface area contributed by atoms with Gasteiger partial charge in [-0.1, -0.05) is 11.6 Å². The van der Waals surface area contributed by atoms with Crippen LogP contribution in [-0.2, 0) is 14.8 Å². The number of rotatable bonds is 5. The van der Waals surface area contributed by atoms with Crippen molar-refractivity contribution in [3.8, 4) is 0 Å². The Hall–Kier alpha value is -1.31. The molecular formula is C9H12ClN3O3S. The summed E-state index contributed by atoms with van der Waals surface area (Å²) in [6.07, 6.45) is -0.0776. The number of halogens is 1. The van der Waals surface area contributed by atoms with Gasteiger partial charge in [-0.15, -0.1) is 0 Å². The van der Waals surface area contributed by atoms with Gasteiger partial charge in [-0.25, -0.2) is 13.1 Å². The summed E-state index contributed by atoms with van der Waals surface area (Å²) in [5, 5.41) is 0.0246. The predicted molar refractivity (Wildman–Crippen MR) is 64.9 cm³/mol. The van der Waals surface area contributed by atoms with Crippen molar-refractivity contribution in [2.45, 2.75) is 11.3 Å². The summed E-state index contributed by atoms with van der Waals surface area (Å²) in [5.41, 5.74) is 10.7. The molecule has 8 heteroatoms. The van der Waals surface area contributed by atoms with E-state index in [1.807, 2.05) is 0 Å². The van der Waals surface area contributed by atoms with Gasteiger partial charge in [0.05, 0.1) is 5.02 Å². The molecule has 0 bridgehead atoms. The second kappa shape index (κ2) is 5.35. The van der Waals surface area contributed by atoms with E-state index in [1.54, 1.807) is 0 Å². The van der Waals surface area contributed by atoms with E-state index in [1.165, 1.54) is 18.2 Å². The smallest absolute Gasteiger partial charge is 0.242 e. The van der Waals surface area contributed by atoms with Gasteiger partial charge >= 0.3 is 0 Å². The summed E-state index contributed by atoms with van der Waals surface area (Å²) < 4.78 is 25.7. The van der Waals surface area contributed by atoms with Gasteiger partial charge in [0.1, 0.15) is 4.90 Å². The van der Waals surface area contributed by atoms with Crippen molar-refractivity contribution in [3.05, 3.63) is 23.2 Å². The molecule has 17 heavy (non-hydrogen) atoms. The zero-order valence-corrected chi connectivity index (χ0v) is 10.4. The fourth-order valence-electron chi connectivity index (χ4n) is 1.12. The van der Waals surface area contributed by atoms with Gasteiger partial charge in [0.15, 0.2) is 0 Å². The molecule has 5 N–H and O–H groups in total. The lowest BCUT2D eigenvalue weighted by Crippen LogP contribution is -2.28. The lowest BCUT2D eigenvalue weighted by atomic mass is 10.3. The van der Waals surface area contributed by atoms with Crippen LogP contribution >= 0.6 is 11.6 Å². The quantitative estimate of drug-likeness (QED) is 0.661. The zero-order chi connectivity index (χ0) is 13.1. The Morgan fingerprint density at radius 1 is 1.41 bits per heavy atom. The molecule has 1 amide bonds. The van der Waals surface area contributed by atoms with E-state index in [0.29, 0.717) is 5.69 Å². The third-order valence-corrected chi connectivity index (χ3v) is 3.85. The SMILES string of the molecule is NC(=O)CCNS(=O)(=O)c1ccc(N)cc1Cl. The Labute approximate surface area is 104 Å². The first-order valence-electron chi connectivity index (χ1n) is 4.66. The van der Waals surface area contributed by atoms with E-state index < -0.39 is 15.9 Å². The summed E-state index contributed by atoms with van der Waals surface area (Å²) in [6, 6.07) is 4.06. The Morgan fingerprint density at radius 3 is 2.59 bits per heavy atom. The average molecular weight is 278 g/mol. The number of carbonyl (C=O) groups is 1. The number of nitrogen functional groups attached to an aromatic ring is 1. The number of hydrogen-bond acceptors (Lipinski definition) is 4. The van der Waals surface area contributed by atoms with Crippen molar-refractivity contribution in [1.29, 1.82) is 0 Å². The van der Waals surface area contributed by atoms with E-state index >= 15 is 0 Å². The van der Waals surface area contributed by atoms with Crippen LogP contribution in [0.1, 0.15) is 6.42 Å². The predicted octanol–water partition coefficient (Wildman–Crippen LogP) is 0.0759. The highest BCUT2D eigenvalue weighted by atomic mass is 35.5. The molecule has 0 unspecified atom stereocenters. The number of primary amides is 1. The van der Waals surface area contributed by atoms with Crippen molar-refractivity contribution in [1.82, 2.24) is 4.72 Å². The number of carbonyl (C=O) groups excluding carboxylic acids is 1. The van der Waals surface area contributed by atoms with Crippen LogP contribution in [0, 0.1) is 0 Å². The Balaban J connectivity index is 2.86. The maximum Gasteiger partial charge on any atom is 0.242 e. The molecule has 0 aromatic heterocycles. The molecule has 94 valence electrons. The van der Waals surface area contributed by atoms with E-state index in [2.05, 4.69) is 4.72 Å². The minimum Gasteiger partial charge on any atom is -0.399 e. The lowest BCUT2D eigenvalue weighted by Gasteiger charge is -2.07. The fraction of sp³-hybridized carbons (Fsp3) is 0.222. The van der Waals surface area contributed by atoms with E-state index in [-0.39, 0.29) is 22.9 Å². The molecule has 0 spiro atoms. The third kappa shape index (κ3) is 3.88. The number of sulfonamides is 1. The molecule has 1 aromatic rings. The van der Waals surface area contributed by atoms with E-state index in [0.717, 1.165) is 0 Å². The van der Waals surface area contributed by atoms with Gasteiger partial charge in [-0.2, -0.15) is 0 Å². The molecular weight excluding hydrogens is 266 g/mol. The van der Waals surface area contributed by atoms with Gasteiger partial charge in [-0.05, 0) is 18.2 Å². The van der Waals surface area contributed by atoms with Crippen LogP contribution in [-0.4, -0.2) is 20.9 Å². The molecule has 0 atom stereocenters. The molecule has 0 fully saturated rings. The number of amides is 1. The zero-order valence-electron chi connectivity index (χ0n) is 8.81. The van der Waals surface area contributed by atoms with Crippen LogP contribution in [0.3, 0.4) is 0 Å². The number of hydrogen-bond donors (Lipinski definition) is 3. The summed E-state index contributed by atoms with van der Waals surface area (Å²) in [4.78, 5) is 10.4. The Morgan fingerprint density at radius 2 is 2.06 bits per heavy atom. The summed E-state index contributed by atoms with van der Waals surface area (Å²) in [6.45, 7) is -0.0711. The van der Waals surface area contributed by atoms with Crippen LogP contribution in [0.5, 0.6) is 0 Å². The van der Waals surface area contributed by atoms with Gasteiger partial charge in [-0.3, -0.25) is 4.79 Å². The summed E-state index contributed by atoms with van der Waals surface area (Å²) in [7, 11) is -3.75. The van der Waals surface area contributed by atoms with Gasteiger partial charge in [0.2, 0.25) is 15.9 Å². The van der Waals surface area contributed by atoms with Crippen LogP contribution in [0.2, 0.25) is 5.02 Å². The second-order valence-electron chi connectivity index (χ2n) is 3.30. The molecule has 0 saturated carbocycles. The number of nitrogens with one attached hydrogen (secondary N) is 1. The standard InChI is InChI=1S/C9H12ClN3O3S/c10-7-5-6(11)1-2-8(7)17(15,16)13-4-3-9(12)14/h1-2,5,13H,3-4,11H2,(H2,12,14). The fourth-order valence-corrected chi connectivity index (χ4v) is 2.70. The molecule has 1 aromatic carbocycles. The minimum absolute atomic E-state index is 0.0246. The first-order chi connectivity index (χ1) is 7.83. The molecule has 1 rings (SSSR count). The van der Waals surface area contributed by atoms with Crippen LogP contribution in [0.15, 0.2) is 23.1 Å². The maximum atomic E-state index is 11.8. The highest BCUT2D eigenvalue weighted by Gasteiger charge is 2.17. The molecule has 0 radical (unpaired) electrons. The number of nitrogens with two attached hydrogens (primary N) is 2. The van der Waals surface area contributed by atoms with Crippen molar-refractivity contribution in [3.63, 3.8) is 0 Å². The van der Waals surface area contributed by atoms with Crippen LogP contribution in [0.4, 0.5) is 5.69 Å². The molecule has 0 saturated heterocycles. The molecule has 6 nitrogen and oxygen atoms in total. The first kappa shape index (κ1) is 13.8. The topological polar surface area (TPSA) is 115 Å². The summed E-state index contributed by atoms with van der Waals surface area (Å²) in [5.74, 6) is -0.587. The van der Waals surface area contributed by atoms with Crippen LogP contribution in [0.25, 0.3) is 0 Å². The molecule has 0 heterocycles. The van der Waals surface area contributed by atoms with Crippen molar-refractivity contribution < 1.29 is 13.2 Å². The van der Waals surface area contributed by atoms with E-state index in [9.17, 15) is 13.2 Å². The lowest BCUT2D eigenvalue weighted by molar-refractivity contribution is -0.117. The van der Waals surface area contributed by atoms with Gasteiger partial charge < -0.3 is 11.5 Å². The molecule has 0 aliphatic rings. The monoisotopic (exact) mass is 277 g/mol. The van der Waals surface area contributed by atoms with Crippen molar-refractivity contribution >= 4 is 33.2 Å². The third-order valence-electron chi connectivity index (χ3n) is 1.91. The minimum atomic E-state index is -3.75. The maximum absolute atomic E-state index is 11.8. The Kier molecular flexibility index (Phi) is 4.33. The van der Waals surface area contributed by atoms with Crippen LogP contribution < -0.4 is 16.2 Å². The highest BCUT2D eigenvalue weighted by molar-refractivity contribution is 7.89. The van der Waals surface area contributed by atoms with Crippen molar-refractivity contribution in [2.24, 2.45) is 5.73 Å². The van der Waals surface area contributed by atoms with Gasteiger partial charge in [0, 0.05) is 18.7 Å². The molecule has 0 aliphatic heterocycles. The number of benzene rings is 1. The van der Waals surface area contributed by atoms with E-state index in [4.69, 9.17) is 23.1 Å². The number of anilines is 1. The van der Waals surface area contributed by atoms with Gasteiger partial charge in [0.25, 0.3) is 0 Å². The first-order valence-corrected chi connectivity index (χ1v) is 6.52. The summed E-state index contributed by atoms with van der Waals surface area (Å²) >= 11 is 5.76. The Bertz CT molecular complexity index is 530. The molecule has 0 aliphatic carbocycles. The highest BCUT2D eigenvalue weighted by Crippen LogP contribution is 2.23. The second-order valence-corrected chi connectivity index (χ2v) is 5.45. The average Bonchev–Trinajstić information content (AvgIpc) is 2.15. The largest absolute Gasteiger partial charge is 0.399 e. The normalized spacial score (nSPS) is 11.4. The van der Waals surface area contributed by atoms with Crippen molar-refractivity contribution in [2.75, 3.05) is 12.3 Å².